The van der Waals surface area contributed by atoms with Crippen LogP contribution < -0.4 is 0 Å². The van der Waals surface area contributed by atoms with Crippen LogP contribution in [0.25, 0.3) is 0 Å². The highest BCUT2D eigenvalue weighted by Crippen LogP contribution is 2.31. The average molecular weight is 338 g/mol. The Kier molecular flexibility index (Phi) is 5.16. The van der Waals surface area contributed by atoms with E-state index in [0.717, 1.165) is 17.8 Å². The molecule has 1 N–H and O–H groups in total. The van der Waals surface area contributed by atoms with Crippen LogP contribution in [0.5, 0.6) is 0 Å². The average Bonchev–Trinajstić information content (AvgIpc) is 3.09. The Morgan fingerprint density at radius 3 is 2.91 bits per heavy atom. The molecule has 2 heterocycles. The van der Waals surface area contributed by atoms with Crippen molar-refractivity contribution in [2.45, 2.75) is 6.92 Å². The number of ether oxygens (including phenoxy) is 2. The summed E-state index contributed by atoms with van der Waals surface area (Å²) in [6.45, 7) is 1.90. The fourth-order valence-electron chi connectivity index (χ4n) is 1.63. The number of thioether (sulfide) groups is 1. The molecule has 0 atom stereocenters. The zero-order chi connectivity index (χ0) is 17.0. The van der Waals surface area contributed by atoms with Gasteiger partial charge in [0.25, 0.3) is 5.91 Å². The maximum absolute atomic E-state index is 12.0. The van der Waals surface area contributed by atoms with E-state index in [1.165, 1.54) is 25.4 Å². The summed E-state index contributed by atoms with van der Waals surface area (Å²) in [7, 11) is 2.72. The predicted molar refractivity (Wildman–Crippen MR) is 82.1 cm³/mol. The summed E-state index contributed by atoms with van der Waals surface area (Å²) in [4.78, 5) is 47.3. The first-order chi connectivity index (χ1) is 11.0. The van der Waals surface area contributed by atoms with Crippen LogP contribution in [-0.2, 0) is 19.1 Å². The molecule has 0 bridgehead atoms. The van der Waals surface area contributed by atoms with Crippen molar-refractivity contribution in [3.8, 4) is 0 Å². The van der Waals surface area contributed by atoms with Gasteiger partial charge in [-0.05, 0) is 18.7 Å². The van der Waals surface area contributed by atoms with Crippen LogP contribution >= 0.6 is 11.8 Å². The van der Waals surface area contributed by atoms with Gasteiger partial charge in [-0.25, -0.2) is 19.6 Å². The molecule has 1 saturated heterocycles. The topological polar surface area (TPSA) is 114 Å². The number of esters is 2. The summed E-state index contributed by atoms with van der Waals surface area (Å²) in [5.41, 5.74) is 0.0891. The number of aromatic nitrogens is 2. The number of carbonyl (C=O) groups is 3. The quantitative estimate of drug-likeness (QED) is 0.639. The van der Waals surface area contributed by atoms with Crippen molar-refractivity contribution >= 4 is 40.6 Å². The zero-order valence-corrected chi connectivity index (χ0v) is 13.5. The van der Waals surface area contributed by atoms with Crippen molar-refractivity contribution in [3.63, 3.8) is 0 Å². The molecule has 1 aromatic rings. The van der Waals surface area contributed by atoms with Gasteiger partial charge in [0.05, 0.1) is 24.9 Å². The largest absolute Gasteiger partial charge is 0.466 e. The van der Waals surface area contributed by atoms with Crippen LogP contribution in [0.1, 0.15) is 17.4 Å². The molecule has 0 radical (unpaired) electrons. The SMILES string of the molecule is CCOC(=O)c1[nH]cnc1N=C1S/C(=C/C(=O)OC)C(=O)N1C. The lowest BCUT2D eigenvalue weighted by Crippen LogP contribution is -2.24. The van der Waals surface area contributed by atoms with Crippen LogP contribution in [-0.4, -0.2) is 58.6 Å². The Morgan fingerprint density at radius 1 is 1.52 bits per heavy atom. The van der Waals surface area contributed by atoms with Crippen LogP contribution in [0.4, 0.5) is 5.82 Å². The van der Waals surface area contributed by atoms with E-state index in [1.54, 1.807) is 6.92 Å². The standard InChI is InChI=1S/C13H14N4O5S/c1-4-22-12(20)9-10(15-6-14-9)16-13-17(2)11(19)7(23-13)5-8(18)21-3/h5-6H,4H2,1-3H3,(H,14,15)/b7-5+,16-13?. The number of nitrogens with zero attached hydrogens (tertiary/aromatic N) is 3. The lowest BCUT2D eigenvalue weighted by Gasteiger charge is -2.06. The van der Waals surface area contributed by atoms with Crippen molar-refractivity contribution in [2.75, 3.05) is 20.8 Å². The summed E-state index contributed by atoms with van der Waals surface area (Å²) >= 11 is 0.983. The highest BCUT2D eigenvalue weighted by Gasteiger charge is 2.32. The molecule has 0 saturated carbocycles. The molecule has 10 heteroatoms. The van der Waals surface area contributed by atoms with E-state index in [9.17, 15) is 14.4 Å². The summed E-state index contributed by atoms with van der Waals surface area (Å²) in [5.74, 6) is -1.52. The van der Waals surface area contributed by atoms with Gasteiger partial charge in [-0.3, -0.25) is 9.69 Å². The molecule has 0 aliphatic carbocycles. The Morgan fingerprint density at radius 2 is 2.26 bits per heavy atom. The third-order valence-corrected chi connectivity index (χ3v) is 3.81. The van der Waals surface area contributed by atoms with E-state index < -0.39 is 17.8 Å². The van der Waals surface area contributed by atoms with Gasteiger partial charge in [-0.15, -0.1) is 0 Å². The van der Waals surface area contributed by atoms with Gasteiger partial charge in [0.1, 0.15) is 0 Å². The van der Waals surface area contributed by atoms with E-state index in [4.69, 9.17) is 4.74 Å². The minimum absolute atomic E-state index is 0.0891. The molecular formula is C13H14N4O5S. The van der Waals surface area contributed by atoms with Crippen molar-refractivity contribution in [1.82, 2.24) is 14.9 Å². The summed E-state index contributed by atoms with van der Waals surface area (Å²) in [6, 6.07) is 0. The second-order valence-electron chi connectivity index (χ2n) is 4.21. The lowest BCUT2D eigenvalue weighted by atomic mass is 10.4. The fourth-order valence-corrected chi connectivity index (χ4v) is 2.56. The molecule has 1 aliphatic heterocycles. The first-order valence-corrected chi connectivity index (χ1v) is 7.34. The van der Waals surface area contributed by atoms with Gasteiger partial charge in [0.15, 0.2) is 16.7 Å². The van der Waals surface area contributed by atoms with Gasteiger partial charge in [0, 0.05) is 13.1 Å². The first kappa shape index (κ1) is 16.7. The molecule has 1 aliphatic rings. The number of likely N-dealkylation sites (N-methyl/N-ethyl adjacent to an activating group) is 1. The number of amidine groups is 1. The number of H-pyrrole nitrogens is 1. The first-order valence-electron chi connectivity index (χ1n) is 6.52. The van der Waals surface area contributed by atoms with E-state index in [-0.39, 0.29) is 28.2 Å². The van der Waals surface area contributed by atoms with Crippen molar-refractivity contribution < 1.29 is 23.9 Å². The lowest BCUT2D eigenvalue weighted by molar-refractivity contribution is -0.135. The van der Waals surface area contributed by atoms with Crippen LogP contribution in [0.15, 0.2) is 22.3 Å². The molecule has 2 rings (SSSR count). The van der Waals surface area contributed by atoms with Crippen LogP contribution in [0, 0.1) is 0 Å². The molecule has 0 aromatic carbocycles. The number of hydrogen-bond acceptors (Lipinski definition) is 8. The number of methoxy groups -OCH3 is 1. The molecule has 0 spiro atoms. The fraction of sp³-hybridized carbons (Fsp3) is 0.308. The van der Waals surface area contributed by atoms with E-state index in [1.807, 2.05) is 0 Å². The van der Waals surface area contributed by atoms with E-state index in [0.29, 0.717) is 0 Å². The van der Waals surface area contributed by atoms with Gasteiger partial charge in [-0.2, -0.15) is 0 Å². The van der Waals surface area contributed by atoms with Crippen molar-refractivity contribution in [3.05, 3.63) is 23.0 Å². The third-order valence-electron chi connectivity index (χ3n) is 2.75. The smallest absolute Gasteiger partial charge is 0.358 e. The summed E-state index contributed by atoms with van der Waals surface area (Å²) in [5, 5.41) is 0.280. The maximum atomic E-state index is 12.0. The summed E-state index contributed by atoms with van der Waals surface area (Å²) in [6.07, 6.45) is 2.39. The molecule has 1 aromatic heterocycles. The number of amides is 1. The Balaban J connectivity index is 2.29. The van der Waals surface area contributed by atoms with E-state index in [2.05, 4.69) is 19.7 Å². The highest BCUT2D eigenvalue weighted by atomic mass is 32.2. The number of nitrogens with one attached hydrogen (secondary N) is 1. The predicted octanol–water partition coefficient (Wildman–Crippen LogP) is 0.836. The van der Waals surface area contributed by atoms with Crippen molar-refractivity contribution in [2.24, 2.45) is 4.99 Å². The number of rotatable bonds is 4. The molecule has 122 valence electrons. The minimum Gasteiger partial charge on any atom is -0.466 e. The van der Waals surface area contributed by atoms with Gasteiger partial charge in [-0.1, -0.05) is 0 Å². The molecule has 23 heavy (non-hydrogen) atoms. The normalized spacial score (nSPS) is 17.9. The maximum Gasteiger partial charge on any atom is 0.358 e. The molecule has 9 nitrogen and oxygen atoms in total. The van der Waals surface area contributed by atoms with Crippen LogP contribution in [0.2, 0.25) is 0 Å². The number of imidazole rings is 1. The Hall–Kier alpha value is -2.62. The Bertz CT molecular complexity index is 709. The molecule has 0 unspecified atom stereocenters. The Labute approximate surface area is 135 Å². The van der Waals surface area contributed by atoms with Crippen molar-refractivity contribution in [1.29, 1.82) is 0 Å². The molecule has 1 amide bonds. The van der Waals surface area contributed by atoms with Gasteiger partial charge < -0.3 is 14.5 Å². The minimum atomic E-state index is -0.637. The number of aromatic amines is 1. The summed E-state index contributed by atoms with van der Waals surface area (Å²) < 4.78 is 9.38. The highest BCUT2D eigenvalue weighted by molar-refractivity contribution is 8.18. The monoisotopic (exact) mass is 338 g/mol. The molecule has 1 fully saturated rings. The second-order valence-corrected chi connectivity index (χ2v) is 5.22. The number of aliphatic imine (C=N–C) groups is 1. The second kappa shape index (κ2) is 7.09. The zero-order valence-electron chi connectivity index (χ0n) is 12.7. The van der Waals surface area contributed by atoms with Gasteiger partial charge in [0.2, 0.25) is 0 Å². The van der Waals surface area contributed by atoms with Crippen LogP contribution in [0.3, 0.4) is 0 Å². The number of carbonyl (C=O) groups excluding carboxylic acids is 3. The van der Waals surface area contributed by atoms with Gasteiger partial charge >= 0.3 is 11.9 Å². The number of hydrogen-bond donors (Lipinski definition) is 1. The third kappa shape index (κ3) is 3.59. The molecular weight excluding hydrogens is 324 g/mol. The van der Waals surface area contributed by atoms with E-state index >= 15 is 0 Å².